The van der Waals surface area contributed by atoms with Crippen molar-refractivity contribution in [2.75, 3.05) is 19.6 Å². The minimum atomic E-state index is 0.214. The van der Waals surface area contributed by atoms with E-state index in [0.717, 1.165) is 18.7 Å². The van der Waals surface area contributed by atoms with Crippen LogP contribution in [0.4, 0.5) is 0 Å². The van der Waals surface area contributed by atoms with Crippen LogP contribution >= 0.6 is 11.6 Å². The second kappa shape index (κ2) is 6.50. The lowest BCUT2D eigenvalue weighted by Gasteiger charge is -2.44. The molecule has 0 bridgehead atoms. The number of carbonyl (C=O) groups excluding carboxylic acids is 1. The Kier molecular flexibility index (Phi) is 4.66. The third kappa shape index (κ3) is 3.67. The molecule has 21 heavy (non-hydrogen) atoms. The molecule has 2 fully saturated rings. The fourth-order valence-electron chi connectivity index (χ4n) is 3.92. The molecule has 114 valence electrons. The number of benzene rings is 1. The van der Waals surface area contributed by atoms with Crippen LogP contribution in [0.25, 0.3) is 0 Å². The van der Waals surface area contributed by atoms with Gasteiger partial charge in [0, 0.05) is 10.6 Å². The van der Waals surface area contributed by atoms with Crippen molar-refractivity contribution in [3.05, 3.63) is 34.9 Å². The van der Waals surface area contributed by atoms with Crippen LogP contribution in [0.3, 0.4) is 0 Å². The second-order valence-electron chi connectivity index (χ2n) is 6.77. The number of piperidine rings is 1. The van der Waals surface area contributed by atoms with E-state index in [4.69, 9.17) is 11.6 Å². The lowest BCUT2D eigenvalue weighted by Crippen LogP contribution is -2.43. The number of carbonyl (C=O) groups is 1. The van der Waals surface area contributed by atoms with Crippen molar-refractivity contribution in [2.24, 2.45) is 5.41 Å². The number of rotatable bonds is 3. The molecule has 0 atom stereocenters. The Balaban J connectivity index is 1.53. The fourth-order valence-corrected chi connectivity index (χ4v) is 4.04. The Labute approximate surface area is 132 Å². The Morgan fingerprint density at radius 2 is 1.62 bits per heavy atom. The topological polar surface area (TPSA) is 20.3 Å². The number of hydrogen-bond donors (Lipinski definition) is 0. The first-order chi connectivity index (χ1) is 10.2. The highest BCUT2D eigenvalue weighted by molar-refractivity contribution is 6.30. The summed E-state index contributed by atoms with van der Waals surface area (Å²) in [4.78, 5) is 14.6. The van der Waals surface area contributed by atoms with Crippen LogP contribution in [0.2, 0.25) is 5.02 Å². The first kappa shape index (κ1) is 15.1. The molecule has 3 rings (SSSR count). The van der Waals surface area contributed by atoms with Gasteiger partial charge in [0.15, 0.2) is 5.78 Å². The maximum absolute atomic E-state index is 12.3. The summed E-state index contributed by atoms with van der Waals surface area (Å²) in [6, 6.07) is 7.25. The van der Waals surface area contributed by atoms with Crippen molar-refractivity contribution in [3.63, 3.8) is 0 Å². The van der Waals surface area contributed by atoms with Gasteiger partial charge in [0.2, 0.25) is 0 Å². The number of likely N-dealkylation sites (tertiary alicyclic amines) is 1. The molecule has 1 aromatic rings. The molecule has 1 saturated heterocycles. The van der Waals surface area contributed by atoms with Gasteiger partial charge in [0.05, 0.1) is 6.54 Å². The molecule has 1 aliphatic heterocycles. The van der Waals surface area contributed by atoms with Gasteiger partial charge in [0.25, 0.3) is 0 Å². The third-order valence-electron chi connectivity index (χ3n) is 5.36. The van der Waals surface area contributed by atoms with Gasteiger partial charge in [0.1, 0.15) is 0 Å². The molecule has 1 heterocycles. The zero-order valence-electron chi connectivity index (χ0n) is 12.6. The van der Waals surface area contributed by atoms with Crippen molar-refractivity contribution < 1.29 is 4.79 Å². The van der Waals surface area contributed by atoms with E-state index >= 15 is 0 Å². The standard InChI is InChI=1S/C18H24ClNO/c19-16-6-4-15(5-7-16)17(21)14-20-12-10-18(11-13-20)8-2-1-3-9-18/h4-7H,1-3,8-14H2. The Hall–Kier alpha value is -0.860. The summed E-state index contributed by atoms with van der Waals surface area (Å²) in [5.41, 5.74) is 1.38. The predicted molar refractivity (Wildman–Crippen MR) is 87.0 cm³/mol. The van der Waals surface area contributed by atoms with E-state index in [1.54, 1.807) is 12.1 Å². The highest BCUT2D eigenvalue weighted by Crippen LogP contribution is 2.44. The van der Waals surface area contributed by atoms with Gasteiger partial charge in [-0.2, -0.15) is 0 Å². The SMILES string of the molecule is O=C(CN1CCC2(CCCCC2)CC1)c1ccc(Cl)cc1. The van der Waals surface area contributed by atoms with E-state index in [9.17, 15) is 4.79 Å². The molecule has 3 heteroatoms. The van der Waals surface area contributed by atoms with Crippen LogP contribution in [0.5, 0.6) is 0 Å². The summed E-state index contributed by atoms with van der Waals surface area (Å²) in [6.45, 7) is 2.72. The maximum Gasteiger partial charge on any atom is 0.176 e. The lowest BCUT2D eigenvalue weighted by molar-refractivity contribution is 0.0611. The predicted octanol–water partition coefficient (Wildman–Crippen LogP) is 4.57. The van der Waals surface area contributed by atoms with E-state index in [0.29, 0.717) is 17.0 Å². The molecule has 1 saturated carbocycles. The molecule has 1 aliphatic carbocycles. The van der Waals surface area contributed by atoms with Gasteiger partial charge in [-0.3, -0.25) is 9.69 Å². The van der Waals surface area contributed by atoms with E-state index in [1.165, 1.54) is 44.9 Å². The number of nitrogens with zero attached hydrogens (tertiary/aromatic N) is 1. The average Bonchev–Trinajstić information content (AvgIpc) is 2.51. The van der Waals surface area contributed by atoms with E-state index in [-0.39, 0.29) is 5.78 Å². The van der Waals surface area contributed by atoms with E-state index in [1.807, 2.05) is 12.1 Å². The van der Waals surface area contributed by atoms with Gasteiger partial charge in [-0.25, -0.2) is 0 Å². The minimum Gasteiger partial charge on any atom is -0.296 e. The number of ketones is 1. The molecule has 0 amide bonds. The van der Waals surface area contributed by atoms with Crippen molar-refractivity contribution in [2.45, 2.75) is 44.9 Å². The van der Waals surface area contributed by atoms with Crippen molar-refractivity contribution in [1.82, 2.24) is 4.90 Å². The van der Waals surface area contributed by atoms with E-state index in [2.05, 4.69) is 4.90 Å². The largest absolute Gasteiger partial charge is 0.296 e. The van der Waals surface area contributed by atoms with Crippen LogP contribution in [-0.4, -0.2) is 30.3 Å². The Bertz CT molecular complexity index is 480. The number of hydrogen-bond acceptors (Lipinski definition) is 2. The average molecular weight is 306 g/mol. The quantitative estimate of drug-likeness (QED) is 0.762. The Morgan fingerprint density at radius 1 is 1.00 bits per heavy atom. The van der Waals surface area contributed by atoms with Gasteiger partial charge < -0.3 is 0 Å². The highest BCUT2D eigenvalue weighted by Gasteiger charge is 2.35. The summed E-state index contributed by atoms with van der Waals surface area (Å²) in [5.74, 6) is 0.214. The van der Waals surface area contributed by atoms with Crippen molar-refractivity contribution in [3.8, 4) is 0 Å². The smallest absolute Gasteiger partial charge is 0.176 e. The molecule has 2 aliphatic rings. The van der Waals surface area contributed by atoms with Crippen molar-refractivity contribution >= 4 is 17.4 Å². The first-order valence-electron chi connectivity index (χ1n) is 8.18. The molecule has 1 spiro atoms. The summed E-state index contributed by atoms with van der Waals surface area (Å²) < 4.78 is 0. The van der Waals surface area contributed by atoms with Gasteiger partial charge >= 0.3 is 0 Å². The zero-order chi connectivity index (χ0) is 14.7. The lowest BCUT2D eigenvalue weighted by atomic mass is 9.68. The molecular weight excluding hydrogens is 282 g/mol. The fraction of sp³-hybridized carbons (Fsp3) is 0.611. The van der Waals surface area contributed by atoms with Gasteiger partial charge in [-0.1, -0.05) is 30.9 Å². The molecule has 0 radical (unpaired) electrons. The summed E-state index contributed by atoms with van der Waals surface area (Å²) in [5, 5.41) is 0.684. The molecular formula is C18H24ClNO. The third-order valence-corrected chi connectivity index (χ3v) is 5.62. The first-order valence-corrected chi connectivity index (χ1v) is 8.56. The summed E-state index contributed by atoms with van der Waals surface area (Å²) >= 11 is 5.87. The molecule has 0 N–H and O–H groups in total. The number of Topliss-reactive ketones (excluding diaryl/α,β-unsaturated/α-hetero) is 1. The number of halogens is 1. The second-order valence-corrected chi connectivity index (χ2v) is 7.20. The summed E-state index contributed by atoms with van der Waals surface area (Å²) in [6.07, 6.45) is 9.60. The van der Waals surface area contributed by atoms with Crippen molar-refractivity contribution in [1.29, 1.82) is 0 Å². The normalized spacial score (nSPS) is 22.3. The van der Waals surface area contributed by atoms with E-state index < -0.39 is 0 Å². The maximum atomic E-state index is 12.3. The highest BCUT2D eigenvalue weighted by atomic mass is 35.5. The molecule has 1 aromatic carbocycles. The summed E-state index contributed by atoms with van der Waals surface area (Å²) in [7, 11) is 0. The molecule has 0 aromatic heterocycles. The van der Waals surface area contributed by atoms with Crippen LogP contribution in [0.1, 0.15) is 55.3 Å². The van der Waals surface area contributed by atoms with Crippen LogP contribution in [-0.2, 0) is 0 Å². The molecule has 2 nitrogen and oxygen atoms in total. The molecule has 0 unspecified atom stereocenters. The van der Waals surface area contributed by atoms with Gasteiger partial charge in [-0.05, 0) is 68.5 Å². The van der Waals surface area contributed by atoms with Crippen LogP contribution in [0, 0.1) is 5.41 Å². The van der Waals surface area contributed by atoms with Crippen LogP contribution in [0.15, 0.2) is 24.3 Å². The zero-order valence-corrected chi connectivity index (χ0v) is 13.4. The van der Waals surface area contributed by atoms with Crippen LogP contribution < -0.4 is 0 Å². The Morgan fingerprint density at radius 3 is 2.24 bits per heavy atom. The van der Waals surface area contributed by atoms with Gasteiger partial charge in [-0.15, -0.1) is 0 Å². The minimum absolute atomic E-state index is 0.214. The monoisotopic (exact) mass is 305 g/mol.